The van der Waals surface area contributed by atoms with Crippen LogP contribution in [0, 0.1) is 0 Å². The summed E-state index contributed by atoms with van der Waals surface area (Å²) < 4.78 is 16.9. The lowest BCUT2D eigenvalue weighted by molar-refractivity contribution is -0.118. The minimum Gasteiger partial charge on any atom is -0.494 e. The molecule has 1 aromatic heterocycles. The van der Waals surface area contributed by atoms with E-state index in [1.165, 1.54) is 0 Å². The van der Waals surface area contributed by atoms with E-state index >= 15 is 0 Å². The van der Waals surface area contributed by atoms with Crippen molar-refractivity contribution in [3.63, 3.8) is 0 Å². The van der Waals surface area contributed by atoms with Crippen molar-refractivity contribution in [2.24, 2.45) is 0 Å². The summed E-state index contributed by atoms with van der Waals surface area (Å²) in [7, 11) is 0. The van der Waals surface area contributed by atoms with Crippen molar-refractivity contribution in [3.05, 3.63) is 66.7 Å². The van der Waals surface area contributed by atoms with Gasteiger partial charge in [-0.2, -0.15) is 0 Å². The molecule has 3 aromatic carbocycles. The topological polar surface area (TPSA) is 85.5 Å². The summed E-state index contributed by atoms with van der Waals surface area (Å²) in [4.78, 5) is 20.3. The van der Waals surface area contributed by atoms with Gasteiger partial charge in [0.05, 0.1) is 24.2 Å². The van der Waals surface area contributed by atoms with E-state index in [0.717, 1.165) is 28.2 Å². The summed E-state index contributed by atoms with van der Waals surface area (Å²) in [6, 6.07) is 20.6. The molecule has 32 heavy (non-hydrogen) atoms. The fourth-order valence-electron chi connectivity index (χ4n) is 3.27. The molecule has 1 amide bonds. The van der Waals surface area contributed by atoms with E-state index in [4.69, 9.17) is 14.2 Å². The van der Waals surface area contributed by atoms with E-state index < -0.39 is 0 Å². The van der Waals surface area contributed by atoms with Gasteiger partial charge in [-0.05, 0) is 68.4 Å². The van der Waals surface area contributed by atoms with Gasteiger partial charge in [0, 0.05) is 11.3 Å². The summed E-state index contributed by atoms with van der Waals surface area (Å²) in [5.74, 6) is 2.28. The highest BCUT2D eigenvalue weighted by atomic mass is 16.5. The Morgan fingerprint density at radius 3 is 2.44 bits per heavy atom. The minimum atomic E-state index is -0.266. The molecule has 0 spiro atoms. The second-order valence-electron chi connectivity index (χ2n) is 6.99. The number of H-pyrrole nitrogens is 1. The second-order valence-corrected chi connectivity index (χ2v) is 6.99. The first-order valence-electron chi connectivity index (χ1n) is 10.5. The van der Waals surface area contributed by atoms with Crippen LogP contribution in [0.4, 0.5) is 5.69 Å². The number of hydrogen-bond donors (Lipinski definition) is 2. The summed E-state index contributed by atoms with van der Waals surface area (Å²) in [5, 5.41) is 2.81. The first-order valence-corrected chi connectivity index (χ1v) is 10.5. The molecule has 0 fully saturated rings. The first kappa shape index (κ1) is 21.2. The monoisotopic (exact) mass is 431 g/mol. The summed E-state index contributed by atoms with van der Waals surface area (Å²) in [5.41, 5.74) is 3.40. The lowest BCUT2D eigenvalue weighted by atomic mass is 10.2. The van der Waals surface area contributed by atoms with E-state index in [-0.39, 0.29) is 12.5 Å². The number of ether oxygens (including phenoxy) is 3. The fraction of sp³-hybridized carbons (Fsp3) is 0.200. The highest BCUT2D eigenvalue weighted by molar-refractivity contribution is 5.92. The molecule has 0 bridgehead atoms. The van der Waals surface area contributed by atoms with Gasteiger partial charge in [-0.25, -0.2) is 4.98 Å². The minimum absolute atomic E-state index is 0.142. The molecular formula is C25H25N3O4. The zero-order valence-electron chi connectivity index (χ0n) is 18.1. The Labute approximate surface area is 186 Å². The number of imidazole rings is 1. The average molecular weight is 431 g/mol. The summed E-state index contributed by atoms with van der Waals surface area (Å²) in [6.45, 7) is 4.75. The molecule has 2 N–H and O–H groups in total. The molecule has 4 rings (SSSR count). The van der Waals surface area contributed by atoms with Crippen LogP contribution in [-0.2, 0) is 4.79 Å². The number of benzene rings is 3. The van der Waals surface area contributed by atoms with Gasteiger partial charge in [-0.1, -0.05) is 12.1 Å². The maximum absolute atomic E-state index is 12.3. The van der Waals surface area contributed by atoms with Gasteiger partial charge >= 0.3 is 0 Å². The van der Waals surface area contributed by atoms with Gasteiger partial charge in [0.25, 0.3) is 5.91 Å². The third-order valence-electron chi connectivity index (χ3n) is 4.71. The number of nitrogens with zero attached hydrogens (tertiary/aromatic N) is 1. The van der Waals surface area contributed by atoms with Gasteiger partial charge in [0.1, 0.15) is 11.6 Å². The molecule has 0 aliphatic heterocycles. The molecule has 1 heterocycles. The number of carbonyl (C=O) groups excluding carboxylic acids is 1. The van der Waals surface area contributed by atoms with Crippen molar-refractivity contribution in [2.45, 2.75) is 13.8 Å². The Hall–Kier alpha value is -4.00. The Balaban J connectivity index is 1.44. The van der Waals surface area contributed by atoms with Crippen molar-refractivity contribution in [1.82, 2.24) is 9.97 Å². The number of rotatable bonds is 9. The molecule has 0 radical (unpaired) electrons. The zero-order valence-corrected chi connectivity index (χ0v) is 18.1. The highest BCUT2D eigenvalue weighted by Gasteiger charge is 2.12. The van der Waals surface area contributed by atoms with E-state index in [1.807, 2.05) is 62.4 Å². The van der Waals surface area contributed by atoms with E-state index in [9.17, 15) is 4.79 Å². The Bertz CT molecular complexity index is 1170. The quantitative estimate of drug-likeness (QED) is 0.388. The van der Waals surface area contributed by atoms with Crippen LogP contribution >= 0.6 is 0 Å². The standard InChI is InChI=1S/C25H25N3O4/c1-3-30-19-12-10-18(11-13-19)26-24(29)16-32-22-14-9-17(15-23(22)31-4-2)25-27-20-7-5-6-8-21(20)28-25/h5-15H,3-4,16H2,1-2H3,(H,26,29)(H,27,28). The van der Waals surface area contributed by atoms with Crippen LogP contribution in [0.5, 0.6) is 17.2 Å². The van der Waals surface area contributed by atoms with Crippen molar-refractivity contribution >= 4 is 22.6 Å². The van der Waals surface area contributed by atoms with Gasteiger partial charge < -0.3 is 24.5 Å². The highest BCUT2D eigenvalue weighted by Crippen LogP contribution is 2.32. The van der Waals surface area contributed by atoms with Gasteiger partial charge in [-0.15, -0.1) is 0 Å². The van der Waals surface area contributed by atoms with Crippen LogP contribution in [0.2, 0.25) is 0 Å². The van der Waals surface area contributed by atoms with Crippen LogP contribution in [0.15, 0.2) is 66.7 Å². The molecule has 7 heteroatoms. The molecule has 0 aliphatic carbocycles. The second kappa shape index (κ2) is 9.87. The number of fused-ring (bicyclic) bond motifs is 1. The maximum atomic E-state index is 12.3. The van der Waals surface area contributed by atoms with Gasteiger partial charge in [0.15, 0.2) is 18.1 Å². The Morgan fingerprint density at radius 1 is 0.906 bits per heavy atom. The number of anilines is 1. The average Bonchev–Trinajstić information content (AvgIpc) is 3.24. The van der Waals surface area contributed by atoms with Gasteiger partial charge in [0.2, 0.25) is 0 Å². The van der Waals surface area contributed by atoms with E-state index in [0.29, 0.717) is 30.4 Å². The smallest absolute Gasteiger partial charge is 0.262 e. The number of aromatic nitrogens is 2. The molecule has 0 unspecified atom stereocenters. The van der Waals surface area contributed by atoms with Crippen molar-refractivity contribution in [1.29, 1.82) is 0 Å². The third kappa shape index (κ3) is 5.00. The maximum Gasteiger partial charge on any atom is 0.262 e. The number of hydrogen-bond acceptors (Lipinski definition) is 5. The lowest BCUT2D eigenvalue weighted by Crippen LogP contribution is -2.20. The van der Waals surface area contributed by atoms with Gasteiger partial charge in [-0.3, -0.25) is 4.79 Å². The number of para-hydroxylation sites is 2. The Morgan fingerprint density at radius 2 is 1.69 bits per heavy atom. The normalized spacial score (nSPS) is 10.7. The number of aromatic amines is 1. The molecule has 0 aliphatic rings. The van der Waals surface area contributed by atoms with Crippen LogP contribution in [0.1, 0.15) is 13.8 Å². The summed E-state index contributed by atoms with van der Waals surface area (Å²) in [6.07, 6.45) is 0. The zero-order chi connectivity index (χ0) is 22.3. The molecule has 4 aromatic rings. The van der Waals surface area contributed by atoms with Crippen LogP contribution < -0.4 is 19.5 Å². The van der Waals surface area contributed by atoms with Crippen LogP contribution in [-0.4, -0.2) is 35.7 Å². The third-order valence-corrected chi connectivity index (χ3v) is 4.71. The molecule has 0 atom stereocenters. The predicted molar refractivity (Wildman–Crippen MR) is 124 cm³/mol. The summed E-state index contributed by atoms with van der Waals surface area (Å²) >= 11 is 0. The van der Waals surface area contributed by atoms with Crippen molar-refractivity contribution in [3.8, 4) is 28.6 Å². The lowest BCUT2D eigenvalue weighted by Gasteiger charge is -2.13. The number of carbonyl (C=O) groups is 1. The Kier molecular flexibility index (Phi) is 6.55. The van der Waals surface area contributed by atoms with Crippen molar-refractivity contribution in [2.75, 3.05) is 25.1 Å². The van der Waals surface area contributed by atoms with Crippen LogP contribution in [0.3, 0.4) is 0 Å². The first-order chi connectivity index (χ1) is 15.7. The molecule has 0 saturated heterocycles. The number of amides is 1. The largest absolute Gasteiger partial charge is 0.494 e. The molecule has 164 valence electrons. The van der Waals surface area contributed by atoms with Crippen LogP contribution in [0.25, 0.3) is 22.4 Å². The SMILES string of the molecule is CCOc1ccc(NC(=O)COc2ccc(-c3nc4ccccc4[nH]3)cc2OCC)cc1. The molecular weight excluding hydrogens is 406 g/mol. The molecule has 0 saturated carbocycles. The molecule has 7 nitrogen and oxygen atoms in total. The van der Waals surface area contributed by atoms with Crippen molar-refractivity contribution < 1.29 is 19.0 Å². The predicted octanol–water partition coefficient (Wildman–Crippen LogP) is 5.04. The van der Waals surface area contributed by atoms with E-state index in [2.05, 4.69) is 15.3 Å². The van der Waals surface area contributed by atoms with E-state index in [1.54, 1.807) is 18.2 Å². The fourth-order valence-corrected chi connectivity index (χ4v) is 3.27. The number of nitrogens with one attached hydrogen (secondary N) is 2.